The minimum absolute atomic E-state index is 0. The van der Waals surface area contributed by atoms with E-state index in [-0.39, 0.29) is 30.7 Å². The van der Waals surface area contributed by atoms with Crippen molar-refractivity contribution in [2.24, 2.45) is 0 Å². The zero-order chi connectivity index (χ0) is 8.55. The largest absolute Gasteiger partial charge is 0.278 e. The Balaban J connectivity index is 0.000000845. The molecule has 78 valence electrons. The maximum Gasteiger partial charge on any atom is 0.278 e. The molecule has 0 spiro atoms. The van der Waals surface area contributed by atoms with Crippen molar-refractivity contribution < 1.29 is 9.63 Å². The lowest BCUT2D eigenvalue weighted by Gasteiger charge is -2.09. The molecule has 1 aliphatic heterocycles. The zero-order valence-corrected chi connectivity index (χ0v) is 9.23. The topological polar surface area (TPSA) is 29.5 Å². The van der Waals surface area contributed by atoms with Crippen LogP contribution in [0.3, 0.4) is 0 Å². The zero-order valence-electron chi connectivity index (χ0n) is 7.60. The highest BCUT2D eigenvalue weighted by Gasteiger charge is 2.26. The Hall–Kier alpha value is -0.770. The molecule has 1 aliphatic rings. The van der Waals surface area contributed by atoms with E-state index in [1.165, 1.54) is 12.2 Å². The van der Waals surface area contributed by atoms with E-state index in [4.69, 9.17) is 4.84 Å². The number of hydrogen-bond donors (Lipinski definition) is 0. The third-order valence-electron chi connectivity index (χ3n) is 2.01. The Labute approximate surface area is 94.8 Å². The van der Waals surface area contributed by atoms with Gasteiger partial charge in [0, 0.05) is 5.56 Å². The molecule has 0 aliphatic carbocycles. The maximum absolute atomic E-state index is 11.4. The van der Waals surface area contributed by atoms with Crippen molar-refractivity contribution in [2.75, 3.05) is 7.11 Å². The molecule has 0 atom stereocenters. The fraction of sp³-hybridized carbons (Fsp3) is 0.222. The third-order valence-corrected chi connectivity index (χ3v) is 2.01. The van der Waals surface area contributed by atoms with Crippen molar-refractivity contribution >= 4 is 30.7 Å². The first-order valence-electron chi connectivity index (χ1n) is 3.77. The summed E-state index contributed by atoms with van der Waals surface area (Å²) in [6.45, 7) is 0.561. The number of nitrogens with zero attached hydrogens (tertiary/aromatic N) is 1. The van der Waals surface area contributed by atoms with Crippen molar-refractivity contribution in [3.05, 3.63) is 35.4 Å². The highest BCUT2D eigenvalue weighted by atomic mass is 35.5. The summed E-state index contributed by atoms with van der Waals surface area (Å²) < 4.78 is 0. The van der Waals surface area contributed by atoms with Gasteiger partial charge in [-0.3, -0.25) is 9.63 Å². The number of hydroxylamine groups is 2. The summed E-state index contributed by atoms with van der Waals surface area (Å²) >= 11 is 0. The van der Waals surface area contributed by atoms with Gasteiger partial charge in [-0.1, -0.05) is 18.2 Å². The second kappa shape index (κ2) is 5.20. The number of carbonyl (C=O) groups is 1. The summed E-state index contributed by atoms with van der Waals surface area (Å²) in [5.74, 6) is -0.0481. The summed E-state index contributed by atoms with van der Waals surface area (Å²) in [5, 5.41) is 1.35. The fourth-order valence-corrected chi connectivity index (χ4v) is 1.38. The normalized spacial score (nSPS) is 12.9. The lowest BCUT2D eigenvalue weighted by atomic mass is 10.1. The van der Waals surface area contributed by atoms with Gasteiger partial charge in [-0.2, -0.15) is 0 Å². The molecule has 0 fully saturated rings. The van der Waals surface area contributed by atoms with E-state index in [2.05, 4.69) is 0 Å². The third kappa shape index (κ3) is 2.00. The predicted octanol–water partition coefficient (Wildman–Crippen LogP) is 2.05. The van der Waals surface area contributed by atoms with Gasteiger partial charge in [0.2, 0.25) is 0 Å². The number of benzene rings is 1. The summed E-state index contributed by atoms with van der Waals surface area (Å²) in [4.78, 5) is 16.3. The average Bonchev–Trinajstić information content (AvgIpc) is 2.44. The second-order valence-electron chi connectivity index (χ2n) is 2.68. The molecule has 1 heterocycles. The Morgan fingerprint density at radius 1 is 1.29 bits per heavy atom. The van der Waals surface area contributed by atoms with Crippen LogP contribution in [0.15, 0.2) is 24.3 Å². The highest BCUT2D eigenvalue weighted by Crippen LogP contribution is 2.21. The molecule has 0 unspecified atom stereocenters. The Morgan fingerprint density at radius 2 is 1.93 bits per heavy atom. The van der Waals surface area contributed by atoms with Gasteiger partial charge in [0.25, 0.3) is 5.91 Å². The quantitative estimate of drug-likeness (QED) is 0.746. The van der Waals surface area contributed by atoms with Crippen LogP contribution in [0.25, 0.3) is 0 Å². The average molecular weight is 236 g/mol. The summed E-state index contributed by atoms with van der Waals surface area (Å²) in [6, 6.07) is 7.53. The Bertz CT molecular complexity index is 330. The SMILES string of the molecule is CON1Cc2ccccc2C1=O.Cl.Cl. The van der Waals surface area contributed by atoms with E-state index < -0.39 is 0 Å². The molecule has 2 rings (SSSR count). The van der Waals surface area contributed by atoms with Crippen molar-refractivity contribution in [3.63, 3.8) is 0 Å². The molecule has 0 aromatic heterocycles. The first-order chi connectivity index (χ1) is 5.83. The maximum atomic E-state index is 11.4. The lowest BCUT2D eigenvalue weighted by molar-refractivity contribution is -0.0956. The summed E-state index contributed by atoms with van der Waals surface area (Å²) in [6.07, 6.45) is 0. The first kappa shape index (κ1) is 13.2. The number of amides is 1. The molecule has 0 saturated carbocycles. The van der Waals surface area contributed by atoms with Crippen molar-refractivity contribution in [1.82, 2.24) is 5.06 Å². The van der Waals surface area contributed by atoms with Crippen molar-refractivity contribution in [1.29, 1.82) is 0 Å². The molecule has 0 saturated heterocycles. The van der Waals surface area contributed by atoms with E-state index in [0.717, 1.165) is 11.1 Å². The van der Waals surface area contributed by atoms with E-state index in [0.29, 0.717) is 6.54 Å². The fourth-order valence-electron chi connectivity index (χ4n) is 1.38. The standard InChI is InChI=1S/C9H9NO2.2ClH/c1-12-10-6-7-4-2-3-5-8(7)9(10)11;;/h2-5H,6H2,1H3;2*1H. The number of carbonyl (C=O) groups excluding carboxylic acids is 1. The van der Waals surface area contributed by atoms with Gasteiger partial charge >= 0.3 is 0 Å². The van der Waals surface area contributed by atoms with E-state index in [1.54, 1.807) is 0 Å². The molecule has 0 N–H and O–H groups in total. The molecule has 14 heavy (non-hydrogen) atoms. The van der Waals surface area contributed by atoms with Crippen molar-refractivity contribution in [3.8, 4) is 0 Å². The number of halogens is 2. The van der Waals surface area contributed by atoms with Gasteiger partial charge in [-0.05, 0) is 11.6 Å². The van der Waals surface area contributed by atoms with Crippen LogP contribution in [0.4, 0.5) is 0 Å². The Kier molecular flexibility index (Phi) is 4.91. The molecular formula is C9H11Cl2NO2. The van der Waals surface area contributed by atoms with Crippen LogP contribution < -0.4 is 0 Å². The van der Waals surface area contributed by atoms with Gasteiger partial charge in [0.05, 0.1) is 13.7 Å². The molecular weight excluding hydrogens is 225 g/mol. The van der Waals surface area contributed by atoms with E-state index >= 15 is 0 Å². The number of hydrogen-bond acceptors (Lipinski definition) is 2. The highest BCUT2D eigenvalue weighted by molar-refractivity contribution is 5.97. The molecule has 1 aromatic carbocycles. The van der Waals surface area contributed by atoms with E-state index in [1.807, 2.05) is 24.3 Å². The minimum atomic E-state index is -0.0481. The van der Waals surface area contributed by atoms with Gasteiger partial charge in [0.15, 0.2) is 0 Å². The van der Waals surface area contributed by atoms with Crippen LogP contribution in [0.2, 0.25) is 0 Å². The Morgan fingerprint density at radius 3 is 2.50 bits per heavy atom. The van der Waals surface area contributed by atoms with Gasteiger partial charge in [-0.15, -0.1) is 24.8 Å². The van der Waals surface area contributed by atoms with Crippen LogP contribution >= 0.6 is 24.8 Å². The van der Waals surface area contributed by atoms with Crippen LogP contribution in [0.1, 0.15) is 15.9 Å². The molecule has 5 heteroatoms. The summed E-state index contributed by atoms with van der Waals surface area (Å²) in [5.41, 5.74) is 1.78. The molecule has 0 bridgehead atoms. The van der Waals surface area contributed by atoms with Gasteiger partial charge < -0.3 is 0 Å². The molecule has 1 aromatic rings. The van der Waals surface area contributed by atoms with Crippen molar-refractivity contribution in [2.45, 2.75) is 6.54 Å². The van der Waals surface area contributed by atoms with Crippen LogP contribution in [0, 0.1) is 0 Å². The number of fused-ring (bicyclic) bond motifs is 1. The van der Waals surface area contributed by atoms with Crippen LogP contribution in [-0.2, 0) is 11.4 Å². The first-order valence-corrected chi connectivity index (χ1v) is 3.77. The molecule has 3 nitrogen and oxygen atoms in total. The van der Waals surface area contributed by atoms with E-state index in [9.17, 15) is 4.79 Å². The molecule has 1 amide bonds. The predicted molar refractivity (Wildman–Crippen MR) is 57.8 cm³/mol. The van der Waals surface area contributed by atoms with Crippen LogP contribution in [0.5, 0.6) is 0 Å². The smallest absolute Gasteiger partial charge is 0.274 e. The van der Waals surface area contributed by atoms with Crippen LogP contribution in [-0.4, -0.2) is 18.1 Å². The molecule has 0 radical (unpaired) electrons. The monoisotopic (exact) mass is 235 g/mol. The minimum Gasteiger partial charge on any atom is -0.274 e. The second-order valence-corrected chi connectivity index (χ2v) is 2.68. The number of rotatable bonds is 1. The van der Waals surface area contributed by atoms with Gasteiger partial charge in [-0.25, -0.2) is 5.06 Å². The lowest BCUT2D eigenvalue weighted by Crippen LogP contribution is -2.21. The van der Waals surface area contributed by atoms with Gasteiger partial charge in [0.1, 0.15) is 0 Å². The summed E-state index contributed by atoms with van der Waals surface area (Å²) in [7, 11) is 1.50.